The average molecular weight is 411 g/mol. The fraction of sp³-hybridized carbons (Fsp3) is 0.304. The average Bonchev–Trinajstić information content (AvgIpc) is 3.17. The molecule has 0 saturated carbocycles. The van der Waals surface area contributed by atoms with E-state index in [0.29, 0.717) is 13.2 Å². The van der Waals surface area contributed by atoms with Crippen molar-refractivity contribution in [3.63, 3.8) is 0 Å². The van der Waals surface area contributed by atoms with Gasteiger partial charge in [0.2, 0.25) is 5.91 Å². The molecule has 0 saturated heterocycles. The summed E-state index contributed by atoms with van der Waals surface area (Å²) in [6, 6.07) is 13.5. The molecule has 6 heteroatoms. The first-order chi connectivity index (χ1) is 14.1. The zero-order chi connectivity index (χ0) is 20.6. The number of hydrogen-bond donors (Lipinski definition) is 1. The van der Waals surface area contributed by atoms with Gasteiger partial charge in [0.15, 0.2) is 0 Å². The quantitative estimate of drug-likeness (QED) is 0.507. The first-order valence-corrected chi connectivity index (χ1v) is 10.7. The molecule has 152 valence electrons. The van der Waals surface area contributed by atoms with Crippen molar-refractivity contribution in [2.45, 2.75) is 33.6 Å². The predicted molar refractivity (Wildman–Crippen MR) is 118 cm³/mol. The van der Waals surface area contributed by atoms with Crippen LogP contribution in [0.4, 0.5) is 5.69 Å². The number of aryl methyl sites for hydroxylation is 1. The van der Waals surface area contributed by atoms with Crippen LogP contribution in [0.1, 0.15) is 31.5 Å². The number of hydrogen-bond acceptors (Lipinski definition) is 5. The number of carbonyl (C=O) groups is 1. The zero-order valence-electron chi connectivity index (χ0n) is 17.0. The first kappa shape index (κ1) is 20.9. The summed E-state index contributed by atoms with van der Waals surface area (Å²) in [7, 11) is 0. The number of nitrogens with zero attached hydrogens (tertiary/aromatic N) is 1. The Kier molecular flexibility index (Phi) is 7.25. The third-order valence-electron chi connectivity index (χ3n) is 4.26. The predicted octanol–water partition coefficient (Wildman–Crippen LogP) is 5.49. The van der Waals surface area contributed by atoms with Crippen molar-refractivity contribution in [3.05, 3.63) is 59.1 Å². The van der Waals surface area contributed by atoms with Gasteiger partial charge in [-0.15, -0.1) is 11.3 Å². The normalized spacial score (nSPS) is 10.6. The van der Waals surface area contributed by atoms with Gasteiger partial charge in [-0.2, -0.15) is 0 Å². The van der Waals surface area contributed by atoms with E-state index in [1.54, 1.807) is 0 Å². The molecule has 0 atom stereocenters. The molecule has 2 aromatic carbocycles. The van der Waals surface area contributed by atoms with Crippen LogP contribution in [-0.4, -0.2) is 24.1 Å². The monoisotopic (exact) mass is 410 g/mol. The summed E-state index contributed by atoms with van der Waals surface area (Å²) < 4.78 is 11.3. The van der Waals surface area contributed by atoms with Crippen LogP contribution in [0.3, 0.4) is 0 Å². The second kappa shape index (κ2) is 10.1. The smallest absolute Gasteiger partial charge is 0.230 e. The van der Waals surface area contributed by atoms with E-state index >= 15 is 0 Å². The SMILES string of the molecule is CCCOc1ccc(NC(=O)Cc2csc(-c3ccccc3OCC)n2)c(C)c1. The molecule has 0 aliphatic rings. The number of thiazole rings is 1. The summed E-state index contributed by atoms with van der Waals surface area (Å²) in [6.07, 6.45) is 1.18. The number of amides is 1. The summed E-state index contributed by atoms with van der Waals surface area (Å²) in [5.74, 6) is 1.53. The Labute approximate surface area is 175 Å². The van der Waals surface area contributed by atoms with Crippen molar-refractivity contribution >= 4 is 22.9 Å². The number of ether oxygens (including phenoxy) is 2. The largest absolute Gasteiger partial charge is 0.494 e. The minimum Gasteiger partial charge on any atom is -0.494 e. The molecule has 1 heterocycles. The summed E-state index contributed by atoms with van der Waals surface area (Å²) in [5, 5.41) is 5.74. The molecule has 29 heavy (non-hydrogen) atoms. The Morgan fingerprint density at radius 2 is 1.97 bits per heavy atom. The molecule has 0 spiro atoms. The Morgan fingerprint density at radius 1 is 1.14 bits per heavy atom. The lowest BCUT2D eigenvalue weighted by molar-refractivity contribution is -0.115. The number of benzene rings is 2. The molecule has 1 N–H and O–H groups in total. The second-order valence-electron chi connectivity index (χ2n) is 6.62. The molecular weight excluding hydrogens is 384 g/mol. The maximum absolute atomic E-state index is 12.5. The van der Waals surface area contributed by atoms with Gasteiger partial charge >= 0.3 is 0 Å². The molecule has 0 unspecified atom stereocenters. The number of anilines is 1. The lowest BCUT2D eigenvalue weighted by atomic mass is 10.2. The Hall–Kier alpha value is -2.86. The molecule has 0 aliphatic heterocycles. The van der Waals surface area contributed by atoms with Crippen LogP contribution < -0.4 is 14.8 Å². The first-order valence-electron chi connectivity index (χ1n) is 9.80. The van der Waals surface area contributed by atoms with Gasteiger partial charge in [-0.3, -0.25) is 4.79 Å². The molecule has 0 fully saturated rings. The third-order valence-corrected chi connectivity index (χ3v) is 5.18. The number of para-hydroxylation sites is 1. The van der Waals surface area contributed by atoms with Gasteiger partial charge in [0.1, 0.15) is 16.5 Å². The fourth-order valence-corrected chi connectivity index (χ4v) is 3.73. The van der Waals surface area contributed by atoms with Crippen LogP contribution in [0, 0.1) is 6.92 Å². The topological polar surface area (TPSA) is 60.5 Å². The van der Waals surface area contributed by atoms with E-state index in [9.17, 15) is 4.79 Å². The molecule has 1 amide bonds. The fourth-order valence-electron chi connectivity index (χ4n) is 2.88. The van der Waals surface area contributed by atoms with E-state index in [-0.39, 0.29) is 12.3 Å². The molecule has 3 aromatic rings. The molecule has 3 rings (SSSR count). The van der Waals surface area contributed by atoms with Gasteiger partial charge in [-0.25, -0.2) is 4.98 Å². The van der Waals surface area contributed by atoms with Gasteiger partial charge < -0.3 is 14.8 Å². The van der Waals surface area contributed by atoms with Crippen molar-refractivity contribution in [1.82, 2.24) is 4.98 Å². The Morgan fingerprint density at radius 3 is 2.72 bits per heavy atom. The van der Waals surface area contributed by atoms with E-state index in [0.717, 1.165) is 45.4 Å². The molecule has 0 aliphatic carbocycles. The zero-order valence-corrected chi connectivity index (χ0v) is 17.8. The summed E-state index contributed by atoms with van der Waals surface area (Å²) in [4.78, 5) is 17.1. The number of carbonyl (C=O) groups excluding carboxylic acids is 1. The van der Waals surface area contributed by atoms with Crippen LogP contribution in [0.15, 0.2) is 47.8 Å². The molecular formula is C23H26N2O3S. The molecule has 0 bridgehead atoms. The second-order valence-corrected chi connectivity index (χ2v) is 7.48. The van der Waals surface area contributed by atoms with E-state index in [4.69, 9.17) is 9.47 Å². The number of aromatic nitrogens is 1. The Bertz CT molecular complexity index is 968. The summed E-state index contributed by atoms with van der Waals surface area (Å²) in [6.45, 7) is 7.27. The van der Waals surface area contributed by atoms with Crippen LogP contribution >= 0.6 is 11.3 Å². The van der Waals surface area contributed by atoms with Gasteiger partial charge in [0, 0.05) is 11.1 Å². The van der Waals surface area contributed by atoms with Gasteiger partial charge in [-0.05, 0) is 56.2 Å². The van der Waals surface area contributed by atoms with E-state index < -0.39 is 0 Å². The van der Waals surface area contributed by atoms with Crippen molar-refractivity contribution in [1.29, 1.82) is 0 Å². The molecule has 0 radical (unpaired) electrons. The van der Waals surface area contributed by atoms with Crippen LogP contribution in [0.2, 0.25) is 0 Å². The van der Waals surface area contributed by atoms with Gasteiger partial charge in [0.05, 0.1) is 30.9 Å². The third kappa shape index (κ3) is 5.57. The highest BCUT2D eigenvalue weighted by Crippen LogP contribution is 2.32. The number of rotatable bonds is 9. The van der Waals surface area contributed by atoms with Gasteiger partial charge in [-0.1, -0.05) is 19.1 Å². The maximum Gasteiger partial charge on any atom is 0.230 e. The van der Waals surface area contributed by atoms with E-state index in [1.165, 1.54) is 11.3 Å². The molecule has 1 aromatic heterocycles. The van der Waals surface area contributed by atoms with Crippen LogP contribution in [0.5, 0.6) is 11.5 Å². The summed E-state index contributed by atoms with van der Waals surface area (Å²) >= 11 is 1.52. The number of nitrogens with one attached hydrogen (secondary N) is 1. The van der Waals surface area contributed by atoms with Crippen molar-refractivity contribution in [2.75, 3.05) is 18.5 Å². The Balaban J connectivity index is 1.65. The molecule has 5 nitrogen and oxygen atoms in total. The minimum atomic E-state index is -0.0923. The maximum atomic E-state index is 12.5. The summed E-state index contributed by atoms with van der Waals surface area (Å²) in [5.41, 5.74) is 3.45. The van der Waals surface area contributed by atoms with Crippen molar-refractivity contribution < 1.29 is 14.3 Å². The van der Waals surface area contributed by atoms with Crippen LogP contribution in [-0.2, 0) is 11.2 Å². The highest BCUT2D eigenvalue weighted by Gasteiger charge is 2.13. The standard InChI is InChI=1S/C23H26N2O3S/c1-4-12-28-18-10-11-20(16(3)13-18)25-22(26)14-17-15-29-23(24-17)19-8-6-7-9-21(19)27-5-2/h6-11,13,15H,4-5,12,14H2,1-3H3,(H,25,26). The van der Waals surface area contributed by atoms with Gasteiger partial charge in [0.25, 0.3) is 0 Å². The lowest BCUT2D eigenvalue weighted by Gasteiger charge is -2.10. The van der Waals surface area contributed by atoms with Crippen molar-refractivity contribution in [3.8, 4) is 22.1 Å². The highest BCUT2D eigenvalue weighted by atomic mass is 32.1. The van der Waals surface area contributed by atoms with E-state index in [1.807, 2.05) is 61.7 Å². The lowest BCUT2D eigenvalue weighted by Crippen LogP contribution is -2.15. The van der Waals surface area contributed by atoms with Crippen LogP contribution in [0.25, 0.3) is 10.6 Å². The minimum absolute atomic E-state index is 0.0923. The highest BCUT2D eigenvalue weighted by molar-refractivity contribution is 7.13. The van der Waals surface area contributed by atoms with E-state index in [2.05, 4.69) is 17.2 Å². The van der Waals surface area contributed by atoms with Crippen molar-refractivity contribution in [2.24, 2.45) is 0 Å².